The Balaban J connectivity index is 1.69. The molecule has 3 heterocycles. The molecular weight excluding hydrogens is 357 g/mol. The lowest BCUT2D eigenvalue weighted by atomic mass is 9.93. The molecule has 1 saturated heterocycles. The molecule has 5 N–H and O–H groups in total. The second kappa shape index (κ2) is 8.37. The summed E-state index contributed by atoms with van der Waals surface area (Å²) in [5.41, 5.74) is 3.30. The molecule has 3 aliphatic rings. The van der Waals surface area contributed by atoms with E-state index in [4.69, 9.17) is 4.74 Å². The second-order valence-corrected chi connectivity index (χ2v) is 8.17. The number of rotatable bonds is 4. The summed E-state index contributed by atoms with van der Waals surface area (Å²) in [6.45, 7) is 6.61. The van der Waals surface area contributed by atoms with Gasteiger partial charge in [0.2, 0.25) is 0 Å². The van der Waals surface area contributed by atoms with Gasteiger partial charge in [0, 0.05) is 24.1 Å². The number of anilines is 1. The number of hydrogen-bond acceptors (Lipinski definition) is 6. The summed E-state index contributed by atoms with van der Waals surface area (Å²) in [5, 5.41) is 16.9. The van der Waals surface area contributed by atoms with Gasteiger partial charge in [0.05, 0.1) is 24.0 Å². The topological polar surface area (TPSA) is 69.4 Å². The lowest BCUT2D eigenvalue weighted by Crippen LogP contribution is -2.63. The van der Waals surface area contributed by atoms with E-state index in [1.54, 1.807) is 0 Å². The molecule has 154 valence electrons. The van der Waals surface area contributed by atoms with E-state index in [1.807, 2.05) is 13.1 Å². The van der Waals surface area contributed by atoms with Gasteiger partial charge < -0.3 is 20.7 Å². The lowest BCUT2D eigenvalue weighted by molar-refractivity contribution is 0.249. The highest BCUT2D eigenvalue weighted by Crippen LogP contribution is 2.45. The Kier molecular flexibility index (Phi) is 5.87. The number of nitrogens with one attached hydrogen (secondary N) is 5. The molecule has 0 aromatic heterocycles. The van der Waals surface area contributed by atoms with Crippen LogP contribution in [0.5, 0.6) is 5.75 Å². The molecular formula is C21H32FN5O. The maximum Gasteiger partial charge on any atom is 0.157 e. The second-order valence-electron chi connectivity index (χ2n) is 8.17. The van der Waals surface area contributed by atoms with Gasteiger partial charge in [-0.2, -0.15) is 0 Å². The quantitative estimate of drug-likeness (QED) is 0.545. The van der Waals surface area contributed by atoms with E-state index in [1.165, 1.54) is 0 Å². The molecule has 0 bridgehead atoms. The zero-order valence-electron chi connectivity index (χ0n) is 17.0. The van der Waals surface area contributed by atoms with Crippen molar-refractivity contribution in [3.05, 3.63) is 29.1 Å². The number of benzene rings is 1. The van der Waals surface area contributed by atoms with Crippen LogP contribution in [0.25, 0.3) is 5.57 Å². The highest BCUT2D eigenvalue weighted by atomic mass is 19.1. The maximum atomic E-state index is 15.7. The van der Waals surface area contributed by atoms with Crippen LogP contribution in [0.4, 0.5) is 10.1 Å². The summed E-state index contributed by atoms with van der Waals surface area (Å²) in [6, 6.07) is 2.25. The van der Waals surface area contributed by atoms with Crippen LogP contribution in [0.2, 0.25) is 0 Å². The molecule has 3 aliphatic heterocycles. The van der Waals surface area contributed by atoms with E-state index in [0.29, 0.717) is 23.9 Å². The zero-order chi connectivity index (χ0) is 19.7. The Morgan fingerprint density at radius 3 is 2.93 bits per heavy atom. The van der Waals surface area contributed by atoms with Gasteiger partial charge in [-0.25, -0.2) is 4.39 Å². The standard InChI is InChI=1S/C21H32FN5O/c1-12-11-28-20-15(12)10-16(26-21-25-13(2)9-17(23-3)27-21)19(22)18(20)14-5-4-7-24-8-6-14/h6,10,12-13,17,21,23-27H,4-5,7-9,11H2,1-3H3. The minimum atomic E-state index is -0.219. The molecule has 4 rings (SSSR count). The Hall–Kier alpha value is -1.67. The Bertz CT molecular complexity index is 753. The average Bonchev–Trinajstić information content (AvgIpc) is 2.88. The van der Waals surface area contributed by atoms with Crippen molar-refractivity contribution in [2.45, 2.75) is 57.5 Å². The van der Waals surface area contributed by atoms with Gasteiger partial charge in [0.25, 0.3) is 0 Å². The minimum Gasteiger partial charge on any atom is -0.492 e. The molecule has 0 aliphatic carbocycles. The van der Waals surface area contributed by atoms with Crippen molar-refractivity contribution in [3.63, 3.8) is 0 Å². The third-order valence-electron chi connectivity index (χ3n) is 5.92. The summed E-state index contributed by atoms with van der Waals surface area (Å²) < 4.78 is 21.7. The predicted molar refractivity (Wildman–Crippen MR) is 111 cm³/mol. The van der Waals surface area contributed by atoms with Crippen LogP contribution in [0.15, 0.2) is 12.1 Å². The highest BCUT2D eigenvalue weighted by molar-refractivity contribution is 5.77. The first-order valence-electron chi connectivity index (χ1n) is 10.4. The molecule has 0 saturated carbocycles. The smallest absolute Gasteiger partial charge is 0.157 e. The Morgan fingerprint density at radius 2 is 2.11 bits per heavy atom. The van der Waals surface area contributed by atoms with Crippen molar-refractivity contribution in [1.29, 1.82) is 0 Å². The molecule has 7 heteroatoms. The third-order valence-corrected chi connectivity index (χ3v) is 5.92. The van der Waals surface area contributed by atoms with E-state index in [-0.39, 0.29) is 24.2 Å². The largest absolute Gasteiger partial charge is 0.492 e. The van der Waals surface area contributed by atoms with Crippen molar-refractivity contribution in [1.82, 2.24) is 21.3 Å². The molecule has 0 amide bonds. The van der Waals surface area contributed by atoms with E-state index < -0.39 is 0 Å². The van der Waals surface area contributed by atoms with Crippen LogP contribution in [0.3, 0.4) is 0 Å². The molecule has 1 aromatic carbocycles. The van der Waals surface area contributed by atoms with E-state index >= 15 is 4.39 Å². The molecule has 1 aromatic rings. The SMILES string of the molecule is CNC1CC(C)NC(Nc2cc3c(c(C4=CCNCCC4)c2F)OCC3C)N1. The molecule has 0 spiro atoms. The minimum absolute atomic E-state index is 0.184. The average molecular weight is 390 g/mol. The summed E-state index contributed by atoms with van der Waals surface area (Å²) in [5.74, 6) is 0.772. The first kappa shape index (κ1) is 19.6. The zero-order valence-corrected chi connectivity index (χ0v) is 17.0. The fourth-order valence-corrected chi connectivity index (χ4v) is 4.37. The number of fused-ring (bicyclic) bond motifs is 1. The van der Waals surface area contributed by atoms with Gasteiger partial charge in [-0.05, 0) is 51.4 Å². The van der Waals surface area contributed by atoms with Crippen molar-refractivity contribution in [2.24, 2.45) is 0 Å². The molecule has 1 fully saturated rings. The first-order chi connectivity index (χ1) is 13.6. The summed E-state index contributed by atoms with van der Waals surface area (Å²) >= 11 is 0. The molecule has 4 atom stereocenters. The van der Waals surface area contributed by atoms with Crippen molar-refractivity contribution < 1.29 is 9.13 Å². The number of allylic oxidation sites excluding steroid dienone is 1. The monoisotopic (exact) mass is 389 g/mol. The Morgan fingerprint density at radius 1 is 1.25 bits per heavy atom. The summed E-state index contributed by atoms with van der Waals surface area (Å²) in [7, 11) is 1.94. The maximum absolute atomic E-state index is 15.7. The van der Waals surface area contributed by atoms with Gasteiger partial charge >= 0.3 is 0 Å². The molecule has 28 heavy (non-hydrogen) atoms. The lowest BCUT2D eigenvalue weighted by Gasteiger charge is -2.37. The van der Waals surface area contributed by atoms with Crippen molar-refractivity contribution >= 4 is 11.3 Å². The predicted octanol–water partition coefficient (Wildman–Crippen LogP) is 2.30. The van der Waals surface area contributed by atoms with Gasteiger partial charge in [-0.3, -0.25) is 10.6 Å². The number of hydrogen-bond donors (Lipinski definition) is 5. The van der Waals surface area contributed by atoms with Crippen LogP contribution < -0.4 is 31.3 Å². The van der Waals surface area contributed by atoms with E-state index in [9.17, 15) is 0 Å². The van der Waals surface area contributed by atoms with Crippen molar-refractivity contribution in [3.8, 4) is 5.75 Å². The van der Waals surface area contributed by atoms with Gasteiger partial charge in [-0.15, -0.1) is 0 Å². The third kappa shape index (κ3) is 3.89. The van der Waals surface area contributed by atoms with Gasteiger partial charge in [0.15, 0.2) is 5.82 Å². The van der Waals surface area contributed by atoms with Gasteiger partial charge in [0.1, 0.15) is 12.0 Å². The first-order valence-corrected chi connectivity index (χ1v) is 10.4. The molecule has 4 unspecified atom stereocenters. The number of halogens is 1. The summed E-state index contributed by atoms with van der Waals surface area (Å²) in [6.07, 6.45) is 4.92. The summed E-state index contributed by atoms with van der Waals surface area (Å²) in [4.78, 5) is 0. The molecule has 6 nitrogen and oxygen atoms in total. The van der Waals surface area contributed by atoms with Crippen molar-refractivity contribution in [2.75, 3.05) is 32.1 Å². The highest BCUT2D eigenvalue weighted by Gasteiger charge is 2.31. The Labute approximate surface area is 166 Å². The van der Waals surface area contributed by atoms with Gasteiger partial charge in [-0.1, -0.05) is 13.0 Å². The normalized spacial score (nSPS) is 30.2. The van der Waals surface area contributed by atoms with E-state index in [0.717, 1.165) is 49.2 Å². The van der Waals surface area contributed by atoms with Crippen LogP contribution in [-0.2, 0) is 0 Å². The van der Waals surface area contributed by atoms with E-state index in [2.05, 4.69) is 46.5 Å². The fourth-order valence-electron chi connectivity index (χ4n) is 4.37. The van der Waals surface area contributed by atoms with Crippen LogP contribution in [0.1, 0.15) is 50.2 Å². The fraction of sp³-hybridized carbons (Fsp3) is 0.619. The van der Waals surface area contributed by atoms with Crippen LogP contribution in [0, 0.1) is 5.82 Å². The van der Waals surface area contributed by atoms with Crippen LogP contribution in [-0.4, -0.2) is 45.2 Å². The molecule has 0 radical (unpaired) electrons. The van der Waals surface area contributed by atoms with Crippen LogP contribution >= 0.6 is 0 Å². The number of ether oxygens (including phenoxy) is 1.